The van der Waals surface area contributed by atoms with Crippen LogP contribution in [-0.4, -0.2) is 49.6 Å². The van der Waals surface area contributed by atoms with Gasteiger partial charge in [-0.05, 0) is 43.9 Å². The van der Waals surface area contributed by atoms with Crippen LogP contribution in [0.5, 0.6) is 0 Å². The van der Waals surface area contributed by atoms with Gasteiger partial charge in [-0.1, -0.05) is 36.8 Å². The molecule has 2 atom stereocenters. The zero-order valence-corrected chi connectivity index (χ0v) is 19.2. The summed E-state index contributed by atoms with van der Waals surface area (Å²) in [6.45, 7) is 6.32. The second kappa shape index (κ2) is 7.29. The standard InChI is InChI=1S/C24H32N4O2S/c1-17-7-8-20-23(2,14-17)21(26-16-24(25)9-10-24)13-22(27-20)28-11-12-31(29,30)19-6-4-3-5-18(19)15-28/h3-8,21,26H,9-16,25H2,1-2H3/t21?,23-/m1/s1. The minimum absolute atomic E-state index is 0.0653. The van der Waals surface area contributed by atoms with E-state index in [4.69, 9.17) is 10.7 Å². The third-order valence-corrected chi connectivity index (χ3v) is 9.21. The van der Waals surface area contributed by atoms with Crippen molar-refractivity contribution in [3.63, 3.8) is 0 Å². The number of hydrogen-bond donors (Lipinski definition) is 2. The largest absolute Gasteiger partial charge is 0.355 e. The molecule has 1 unspecified atom stereocenters. The van der Waals surface area contributed by atoms with Crippen molar-refractivity contribution in [2.45, 2.75) is 62.6 Å². The second-order valence-corrected chi connectivity index (χ2v) is 12.1. The lowest BCUT2D eigenvalue weighted by molar-refractivity contribution is 0.237. The highest BCUT2D eigenvalue weighted by Gasteiger charge is 2.46. The lowest BCUT2D eigenvalue weighted by Crippen LogP contribution is -2.54. The highest BCUT2D eigenvalue weighted by molar-refractivity contribution is 7.91. The number of nitrogens with two attached hydrogens (primary N) is 1. The highest BCUT2D eigenvalue weighted by atomic mass is 32.2. The number of nitrogens with one attached hydrogen (secondary N) is 1. The van der Waals surface area contributed by atoms with Gasteiger partial charge in [-0.3, -0.25) is 0 Å². The van der Waals surface area contributed by atoms with Crippen molar-refractivity contribution in [3.05, 3.63) is 53.3 Å². The molecule has 31 heavy (non-hydrogen) atoms. The topological polar surface area (TPSA) is 87.8 Å². The SMILES string of the molecule is CC1=CC=C2N=C(N3CCS(=O)(=O)c4ccccc4C3)CC(NCC3(N)CC3)[C@]2(C)C1. The Morgan fingerprint density at radius 1 is 1.26 bits per heavy atom. The maximum Gasteiger partial charge on any atom is 0.180 e. The molecule has 1 aromatic rings. The predicted octanol–water partition coefficient (Wildman–Crippen LogP) is 2.77. The molecule has 0 saturated heterocycles. The zero-order chi connectivity index (χ0) is 21.9. The maximum absolute atomic E-state index is 12.8. The van der Waals surface area contributed by atoms with E-state index in [9.17, 15) is 8.42 Å². The van der Waals surface area contributed by atoms with Crippen LogP contribution in [0.4, 0.5) is 0 Å². The van der Waals surface area contributed by atoms with Crippen molar-refractivity contribution >= 4 is 15.7 Å². The summed E-state index contributed by atoms with van der Waals surface area (Å²) in [6.07, 6.45) is 8.21. The Balaban J connectivity index is 1.48. The van der Waals surface area contributed by atoms with E-state index in [1.807, 2.05) is 12.1 Å². The Morgan fingerprint density at radius 2 is 2.03 bits per heavy atom. The third-order valence-electron chi connectivity index (χ3n) is 7.42. The van der Waals surface area contributed by atoms with Crippen LogP contribution in [0.2, 0.25) is 0 Å². The van der Waals surface area contributed by atoms with E-state index in [1.54, 1.807) is 12.1 Å². The fourth-order valence-electron chi connectivity index (χ4n) is 5.14. The minimum Gasteiger partial charge on any atom is -0.355 e. The number of hydrogen-bond acceptors (Lipinski definition) is 6. The summed E-state index contributed by atoms with van der Waals surface area (Å²) >= 11 is 0. The Morgan fingerprint density at radius 3 is 2.81 bits per heavy atom. The van der Waals surface area contributed by atoms with E-state index in [-0.39, 0.29) is 22.7 Å². The smallest absolute Gasteiger partial charge is 0.180 e. The molecule has 0 amide bonds. The summed E-state index contributed by atoms with van der Waals surface area (Å²) in [7, 11) is -3.28. The number of allylic oxidation sites excluding steroid dienone is 3. The van der Waals surface area contributed by atoms with Gasteiger partial charge in [0.15, 0.2) is 9.84 Å². The quantitative estimate of drug-likeness (QED) is 0.755. The Hall–Kier alpha value is -1.96. The Labute approximate surface area is 185 Å². The van der Waals surface area contributed by atoms with Crippen molar-refractivity contribution in [1.82, 2.24) is 10.2 Å². The van der Waals surface area contributed by atoms with E-state index in [0.29, 0.717) is 18.0 Å². The molecule has 0 bridgehead atoms. The molecule has 3 N–H and O–H groups in total. The monoisotopic (exact) mass is 440 g/mol. The molecule has 5 rings (SSSR count). The average Bonchev–Trinajstić information content (AvgIpc) is 3.48. The molecule has 4 aliphatic rings. The summed E-state index contributed by atoms with van der Waals surface area (Å²) in [5, 5.41) is 3.79. The van der Waals surface area contributed by atoms with Gasteiger partial charge in [0.2, 0.25) is 0 Å². The molecule has 2 heterocycles. The molecule has 0 radical (unpaired) electrons. The molecule has 2 aliphatic carbocycles. The molecule has 7 heteroatoms. The first-order chi connectivity index (χ1) is 14.7. The zero-order valence-electron chi connectivity index (χ0n) is 18.4. The summed E-state index contributed by atoms with van der Waals surface area (Å²) < 4.78 is 25.6. The van der Waals surface area contributed by atoms with Crippen LogP contribution in [0, 0.1) is 5.41 Å². The van der Waals surface area contributed by atoms with E-state index in [2.05, 4.69) is 36.2 Å². The van der Waals surface area contributed by atoms with Crippen LogP contribution in [0.1, 0.15) is 45.1 Å². The van der Waals surface area contributed by atoms with Gasteiger partial charge in [-0.15, -0.1) is 0 Å². The van der Waals surface area contributed by atoms with Gasteiger partial charge in [-0.2, -0.15) is 0 Å². The molecule has 2 aliphatic heterocycles. The predicted molar refractivity (Wildman–Crippen MR) is 123 cm³/mol. The fraction of sp³-hybridized carbons (Fsp3) is 0.542. The van der Waals surface area contributed by atoms with Crippen LogP contribution >= 0.6 is 0 Å². The lowest BCUT2D eigenvalue weighted by Gasteiger charge is -2.46. The van der Waals surface area contributed by atoms with Gasteiger partial charge in [0.1, 0.15) is 5.84 Å². The molecule has 6 nitrogen and oxygen atoms in total. The van der Waals surface area contributed by atoms with Crippen molar-refractivity contribution in [3.8, 4) is 0 Å². The Kier molecular flexibility index (Phi) is 4.92. The van der Waals surface area contributed by atoms with Crippen LogP contribution in [0.25, 0.3) is 0 Å². The van der Waals surface area contributed by atoms with Gasteiger partial charge in [-0.25, -0.2) is 13.4 Å². The fourth-order valence-corrected chi connectivity index (χ4v) is 6.64. The van der Waals surface area contributed by atoms with Crippen LogP contribution in [-0.2, 0) is 16.4 Å². The molecule has 1 saturated carbocycles. The van der Waals surface area contributed by atoms with Crippen LogP contribution in [0.3, 0.4) is 0 Å². The minimum atomic E-state index is -3.28. The number of sulfone groups is 1. The molecule has 1 aromatic carbocycles. The third kappa shape index (κ3) is 3.88. The maximum atomic E-state index is 12.8. The number of rotatable bonds is 3. The molecule has 1 fully saturated rings. The van der Waals surface area contributed by atoms with E-state index < -0.39 is 9.84 Å². The summed E-state index contributed by atoms with van der Waals surface area (Å²) in [4.78, 5) is 7.73. The van der Waals surface area contributed by atoms with Crippen LogP contribution in [0.15, 0.2) is 57.6 Å². The average molecular weight is 441 g/mol. The first-order valence-corrected chi connectivity index (χ1v) is 12.9. The number of fused-ring (bicyclic) bond motifs is 2. The molecular weight excluding hydrogens is 408 g/mol. The van der Waals surface area contributed by atoms with Crippen LogP contribution < -0.4 is 11.1 Å². The molecule has 0 spiro atoms. The highest BCUT2D eigenvalue weighted by Crippen LogP contribution is 2.46. The van der Waals surface area contributed by atoms with E-state index in [1.165, 1.54) is 5.57 Å². The molecular formula is C24H32N4O2S. The first-order valence-electron chi connectivity index (χ1n) is 11.2. The van der Waals surface area contributed by atoms with Gasteiger partial charge >= 0.3 is 0 Å². The van der Waals surface area contributed by atoms with Gasteiger partial charge in [0.25, 0.3) is 0 Å². The molecule has 166 valence electrons. The van der Waals surface area contributed by atoms with Crippen molar-refractivity contribution in [1.29, 1.82) is 0 Å². The summed E-state index contributed by atoms with van der Waals surface area (Å²) in [5.74, 6) is 1.09. The summed E-state index contributed by atoms with van der Waals surface area (Å²) in [6, 6.07) is 7.58. The van der Waals surface area contributed by atoms with Gasteiger partial charge in [0.05, 0.1) is 16.3 Å². The lowest BCUT2D eigenvalue weighted by atomic mass is 9.69. The number of amidine groups is 1. The van der Waals surface area contributed by atoms with E-state index in [0.717, 1.165) is 49.3 Å². The van der Waals surface area contributed by atoms with Gasteiger partial charge < -0.3 is 16.0 Å². The van der Waals surface area contributed by atoms with Crippen molar-refractivity contribution < 1.29 is 8.42 Å². The first kappa shape index (κ1) is 20.9. The normalized spacial score (nSPS) is 30.9. The number of benzene rings is 1. The summed E-state index contributed by atoms with van der Waals surface area (Å²) in [5.41, 5.74) is 9.54. The number of aliphatic imine (C=N–C) groups is 1. The van der Waals surface area contributed by atoms with Crippen molar-refractivity contribution in [2.24, 2.45) is 16.1 Å². The van der Waals surface area contributed by atoms with E-state index >= 15 is 0 Å². The Bertz CT molecular complexity index is 1100. The molecule has 0 aromatic heterocycles. The second-order valence-electron chi connectivity index (χ2n) is 10.0. The van der Waals surface area contributed by atoms with Gasteiger partial charge in [0, 0.05) is 43.1 Å². The number of nitrogens with zero attached hydrogens (tertiary/aromatic N) is 2. The van der Waals surface area contributed by atoms with Crippen molar-refractivity contribution in [2.75, 3.05) is 18.8 Å².